The van der Waals surface area contributed by atoms with Crippen LogP contribution in [0.2, 0.25) is 0 Å². The van der Waals surface area contributed by atoms with E-state index in [0.29, 0.717) is 9.89 Å². The van der Waals surface area contributed by atoms with E-state index in [1.54, 1.807) is 0 Å². The van der Waals surface area contributed by atoms with Crippen LogP contribution in [0.4, 0.5) is 4.39 Å². The first kappa shape index (κ1) is 10.7. The summed E-state index contributed by atoms with van der Waals surface area (Å²) in [5.41, 5.74) is 1.61. The molecule has 2 nitrogen and oxygen atoms in total. The van der Waals surface area contributed by atoms with Gasteiger partial charge in [0.25, 0.3) is 0 Å². The van der Waals surface area contributed by atoms with Crippen LogP contribution in [0.15, 0.2) is 22.7 Å². The fourth-order valence-corrected chi connectivity index (χ4v) is 2.91. The van der Waals surface area contributed by atoms with E-state index in [1.807, 2.05) is 12.1 Å². The molecule has 2 heterocycles. The minimum Gasteiger partial charge on any atom is -0.380 e. The predicted molar refractivity (Wildman–Crippen MR) is 62.6 cm³/mol. The van der Waals surface area contributed by atoms with Gasteiger partial charge in [-0.05, 0) is 33.6 Å². The number of hydrogen-bond acceptors (Lipinski definition) is 2. The fraction of sp³-hybridized carbons (Fsp3) is 0.500. The molecule has 2 saturated heterocycles. The Kier molecular flexibility index (Phi) is 2.53. The first-order chi connectivity index (χ1) is 7.67. The van der Waals surface area contributed by atoms with Crippen LogP contribution >= 0.6 is 15.9 Å². The monoisotopic (exact) mass is 285 g/mol. The predicted octanol–water partition coefficient (Wildman–Crippen LogP) is 2.42. The van der Waals surface area contributed by atoms with E-state index in [1.165, 1.54) is 6.07 Å². The van der Waals surface area contributed by atoms with Crippen molar-refractivity contribution in [3.05, 3.63) is 34.1 Å². The third kappa shape index (κ3) is 1.79. The van der Waals surface area contributed by atoms with Crippen molar-refractivity contribution in [3.63, 3.8) is 0 Å². The molecule has 2 fully saturated rings. The summed E-state index contributed by atoms with van der Waals surface area (Å²) >= 11 is 3.21. The normalized spacial score (nSPS) is 22.9. The highest BCUT2D eigenvalue weighted by atomic mass is 79.9. The second-order valence-electron chi connectivity index (χ2n) is 4.89. The number of halogens is 2. The van der Waals surface area contributed by atoms with Crippen molar-refractivity contribution in [3.8, 4) is 0 Å². The van der Waals surface area contributed by atoms with Gasteiger partial charge in [0.15, 0.2) is 0 Å². The number of rotatable bonds is 2. The zero-order valence-electron chi connectivity index (χ0n) is 8.88. The highest BCUT2D eigenvalue weighted by molar-refractivity contribution is 9.10. The standard InChI is InChI=1S/C12H13BrFNO/c13-10-3-9(1-2-11(10)14)4-15-5-12(6-15)7-16-8-12/h1-3H,4-8H2. The molecule has 0 N–H and O–H groups in total. The molecule has 0 unspecified atom stereocenters. The lowest BCUT2D eigenvalue weighted by atomic mass is 9.78. The molecule has 0 atom stereocenters. The Balaban J connectivity index is 1.60. The van der Waals surface area contributed by atoms with Gasteiger partial charge in [-0.15, -0.1) is 0 Å². The number of nitrogens with zero attached hydrogens (tertiary/aromatic N) is 1. The van der Waals surface area contributed by atoms with Gasteiger partial charge in [0.05, 0.1) is 17.7 Å². The molecule has 1 spiro atoms. The minimum atomic E-state index is -0.198. The maximum atomic E-state index is 13.0. The third-order valence-corrected chi connectivity index (χ3v) is 3.93. The molecule has 0 amide bonds. The number of hydrogen-bond donors (Lipinski definition) is 0. The lowest BCUT2D eigenvalue weighted by Gasteiger charge is -2.55. The smallest absolute Gasteiger partial charge is 0.137 e. The summed E-state index contributed by atoms with van der Waals surface area (Å²) in [4.78, 5) is 2.38. The van der Waals surface area contributed by atoms with Gasteiger partial charge >= 0.3 is 0 Å². The third-order valence-electron chi connectivity index (χ3n) is 3.32. The SMILES string of the molecule is Fc1ccc(CN2CC3(COC3)C2)cc1Br. The highest BCUT2D eigenvalue weighted by Crippen LogP contribution is 2.38. The zero-order chi connectivity index (χ0) is 11.2. The molecule has 16 heavy (non-hydrogen) atoms. The Morgan fingerprint density at radius 2 is 2.12 bits per heavy atom. The van der Waals surface area contributed by atoms with Crippen LogP contribution in [-0.2, 0) is 11.3 Å². The second kappa shape index (κ2) is 3.79. The van der Waals surface area contributed by atoms with E-state index in [0.717, 1.165) is 38.4 Å². The van der Waals surface area contributed by atoms with Gasteiger partial charge in [0, 0.05) is 25.0 Å². The molecule has 2 aliphatic heterocycles. The summed E-state index contributed by atoms with van der Waals surface area (Å²) in [6.07, 6.45) is 0. The lowest BCUT2D eigenvalue weighted by molar-refractivity contribution is -0.191. The maximum absolute atomic E-state index is 13.0. The van der Waals surface area contributed by atoms with Crippen LogP contribution in [0.25, 0.3) is 0 Å². The highest BCUT2D eigenvalue weighted by Gasteiger charge is 2.48. The van der Waals surface area contributed by atoms with Gasteiger partial charge in [0.2, 0.25) is 0 Å². The van der Waals surface area contributed by atoms with E-state index in [9.17, 15) is 4.39 Å². The van der Waals surface area contributed by atoms with Crippen molar-refractivity contribution in [1.82, 2.24) is 4.90 Å². The van der Waals surface area contributed by atoms with Crippen LogP contribution < -0.4 is 0 Å². The van der Waals surface area contributed by atoms with Crippen LogP contribution in [0.1, 0.15) is 5.56 Å². The van der Waals surface area contributed by atoms with E-state index in [-0.39, 0.29) is 5.82 Å². The van der Waals surface area contributed by atoms with E-state index < -0.39 is 0 Å². The molecule has 0 bridgehead atoms. The molecule has 1 aromatic rings. The van der Waals surface area contributed by atoms with E-state index in [2.05, 4.69) is 20.8 Å². The Morgan fingerprint density at radius 3 is 2.69 bits per heavy atom. The summed E-state index contributed by atoms with van der Waals surface area (Å²) in [5, 5.41) is 0. The zero-order valence-corrected chi connectivity index (χ0v) is 10.5. The summed E-state index contributed by atoms with van der Waals surface area (Å²) in [6, 6.07) is 5.22. The Morgan fingerprint density at radius 1 is 1.38 bits per heavy atom. The molecule has 1 aromatic carbocycles. The summed E-state index contributed by atoms with van der Waals surface area (Å²) < 4.78 is 18.8. The molecule has 2 aliphatic rings. The van der Waals surface area contributed by atoms with Crippen LogP contribution in [0.5, 0.6) is 0 Å². The molecular formula is C12H13BrFNO. The molecule has 0 saturated carbocycles. The van der Waals surface area contributed by atoms with Crippen molar-refractivity contribution in [2.45, 2.75) is 6.54 Å². The van der Waals surface area contributed by atoms with Gasteiger partial charge in [0.1, 0.15) is 5.82 Å². The van der Waals surface area contributed by atoms with Gasteiger partial charge in [-0.25, -0.2) is 4.39 Å². The molecule has 86 valence electrons. The maximum Gasteiger partial charge on any atom is 0.137 e. The summed E-state index contributed by atoms with van der Waals surface area (Å²) in [6.45, 7) is 4.96. The molecule has 3 rings (SSSR count). The average molecular weight is 286 g/mol. The quantitative estimate of drug-likeness (QED) is 0.828. The average Bonchev–Trinajstić information content (AvgIpc) is 2.13. The Labute approximate surface area is 103 Å². The molecule has 4 heteroatoms. The molecular weight excluding hydrogens is 273 g/mol. The summed E-state index contributed by atoms with van der Waals surface area (Å²) in [5.74, 6) is -0.198. The largest absolute Gasteiger partial charge is 0.380 e. The fourth-order valence-electron chi connectivity index (χ4n) is 2.48. The van der Waals surface area contributed by atoms with Crippen molar-refractivity contribution in [2.24, 2.45) is 5.41 Å². The number of likely N-dealkylation sites (tertiary alicyclic amines) is 1. The van der Waals surface area contributed by atoms with Crippen LogP contribution in [0.3, 0.4) is 0 Å². The Bertz CT molecular complexity index is 411. The summed E-state index contributed by atoms with van der Waals surface area (Å²) in [7, 11) is 0. The second-order valence-corrected chi connectivity index (χ2v) is 5.74. The number of benzene rings is 1. The first-order valence-electron chi connectivity index (χ1n) is 5.41. The Hall–Kier alpha value is -0.450. The van der Waals surface area contributed by atoms with E-state index >= 15 is 0 Å². The van der Waals surface area contributed by atoms with Gasteiger partial charge < -0.3 is 4.74 Å². The van der Waals surface area contributed by atoms with Crippen LogP contribution in [0, 0.1) is 11.2 Å². The molecule has 0 aliphatic carbocycles. The van der Waals surface area contributed by atoms with Crippen LogP contribution in [-0.4, -0.2) is 31.2 Å². The minimum absolute atomic E-state index is 0.198. The lowest BCUT2D eigenvalue weighted by Crippen LogP contribution is -2.65. The number of ether oxygens (including phenoxy) is 1. The molecule has 0 radical (unpaired) electrons. The van der Waals surface area contributed by atoms with Crippen molar-refractivity contribution in [2.75, 3.05) is 26.3 Å². The van der Waals surface area contributed by atoms with Crippen molar-refractivity contribution < 1.29 is 9.13 Å². The van der Waals surface area contributed by atoms with Gasteiger partial charge in [-0.2, -0.15) is 0 Å². The van der Waals surface area contributed by atoms with Gasteiger partial charge in [-0.3, -0.25) is 4.90 Å². The topological polar surface area (TPSA) is 12.5 Å². The molecule has 0 aromatic heterocycles. The van der Waals surface area contributed by atoms with Crippen molar-refractivity contribution >= 4 is 15.9 Å². The van der Waals surface area contributed by atoms with E-state index in [4.69, 9.17) is 4.74 Å². The van der Waals surface area contributed by atoms with Gasteiger partial charge in [-0.1, -0.05) is 6.07 Å². The van der Waals surface area contributed by atoms with Crippen molar-refractivity contribution in [1.29, 1.82) is 0 Å². The first-order valence-corrected chi connectivity index (χ1v) is 6.20.